The average molecular weight is 422 g/mol. The van der Waals surface area contributed by atoms with Crippen LogP contribution in [0.3, 0.4) is 0 Å². The zero-order valence-electron chi connectivity index (χ0n) is 14.5. The van der Waals surface area contributed by atoms with E-state index in [0.717, 1.165) is 21.4 Å². The molecule has 1 aromatic heterocycles. The highest BCUT2D eigenvalue weighted by Gasteiger charge is 2.06. The van der Waals surface area contributed by atoms with Gasteiger partial charge >= 0.3 is 0 Å². The van der Waals surface area contributed by atoms with Crippen molar-refractivity contribution >= 4 is 50.7 Å². The van der Waals surface area contributed by atoms with Gasteiger partial charge < -0.3 is 16.0 Å². The van der Waals surface area contributed by atoms with Crippen LogP contribution < -0.4 is 16.0 Å². The molecular weight excluding hydrogens is 406 g/mol. The molecule has 0 aliphatic carbocycles. The van der Waals surface area contributed by atoms with E-state index in [9.17, 15) is 4.79 Å². The van der Waals surface area contributed by atoms with Crippen LogP contribution in [0.15, 0.2) is 59.7 Å². The van der Waals surface area contributed by atoms with E-state index in [4.69, 9.17) is 0 Å². The molecule has 3 N–H and O–H groups in total. The van der Waals surface area contributed by atoms with Gasteiger partial charge in [-0.2, -0.15) is 4.98 Å². The molecule has 0 spiro atoms. The van der Waals surface area contributed by atoms with Gasteiger partial charge in [0.05, 0.1) is 5.69 Å². The summed E-state index contributed by atoms with van der Waals surface area (Å²) in [7, 11) is 0. The normalized spacial score (nSPS) is 9.85. The van der Waals surface area contributed by atoms with E-state index in [1.807, 2.05) is 25.1 Å². The monoisotopic (exact) mass is 421 g/mol. The maximum absolute atomic E-state index is 11.4. The number of nitrogens with one attached hydrogen (secondary N) is 3. The van der Waals surface area contributed by atoms with Crippen LogP contribution in [-0.2, 0) is 4.79 Å². The number of rotatable bonds is 6. The lowest BCUT2D eigenvalue weighted by Crippen LogP contribution is -2.07. The third kappa shape index (κ3) is 5.06. The van der Waals surface area contributed by atoms with Gasteiger partial charge in [-0.05, 0) is 43.3 Å². The van der Waals surface area contributed by atoms with Crippen molar-refractivity contribution in [2.45, 2.75) is 6.92 Å². The van der Waals surface area contributed by atoms with Crippen molar-refractivity contribution in [3.8, 4) is 0 Å². The minimum atomic E-state index is -0.271. The Morgan fingerprint density at radius 2 is 2.07 bits per heavy atom. The number of amides is 1. The van der Waals surface area contributed by atoms with Crippen molar-refractivity contribution in [1.82, 2.24) is 9.97 Å². The maximum atomic E-state index is 11.4. The number of aryl methyl sites for hydroxylation is 1. The van der Waals surface area contributed by atoms with Crippen LogP contribution in [0, 0.1) is 19.1 Å². The molecule has 2 aromatic carbocycles. The summed E-state index contributed by atoms with van der Waals surface area (Å²) >= 11 is 3.41. The molecule has 3 aromatic rings. The first-order valence-electron chi connectivity index (χ1n) is 8.03. The summed E-state index contributed by atoms with van der Waals surface area (Å²) in [6.45, 7) is 5.36. The zero-order chi connectivity index (χ0) is 19.2. The molecule has 0 radical (unpaired) electrons. The van der Waals surface area contributed by atoms with Gasteiger partial charge in [0.25, 0.3) is 0 Å². The summed E-state index contributed by atoms with van der Waals surface area (Å²) in [6, 6.07) is 16.8. The van der Waals surface area contributed by atoms with Gasteiger partial charge in [0.15, 0.2) is 0 Å². The molecule has 1 amide bonds. The van der Waals surface area contributed by atoms with Crippen LogP contribution in [0.5, 0.6) is 0 Å². The third-order valence-corrected chi connectivity index (χ3v) is 3.95. The number of anilines is 5. The van der Waals surface area contributed by atoms with E-state index in [-0.39, 0.29) is 5.91 Å². The van der Waals surface area contributed by atoms with E-state index in [0.29, 0.717) is 17.5 Å². The largest absolute Gasteiger partial charge is 0.333 e. The number of carbonyl (C=O) groups excluding carboxylic acids is 1. The van der Waals surface area contributed by atoms with Crippen LogP contribution in [0.1, 0.15) is 5.56 Å². The molecule has 1 heterocycles. The van der Waals surface area contributed by atoms with E-state index < -0.39 is 0 Å². The number of halogens is 1. The summed E-state index contributed by atoms with van der Waals surface area (Å²) in [4.78, 5) is 20.3. The van der Waals surface area contributed by atoms with Crippen molar-refractivity contribution in [1.29, 1.82) is 0 Å². The fourth-order valence-corrected chi connectivity index (χ4v) is 2.56. The van der Waals surface area contributed by atoms with Crippen LogP contribution in [0.2, 0.25) is 0 Å². The summed E-state index contributed by atoms with van der Waals surface area (Å²) in [6.07, 6.45) is 2.94. The fourth-order valence-electron chi connectivity index (χ4n) is 2.22. The molecule has 0 unspecified atom stereocenters. The number of nitrogens with zero attached hydrogens (tertiary/aromatic N) is 2. The SMILES string of the molecule is C=CC(=O)Nc1cccc(Nc2ncc(C)c(Nc3c#ccc(Br)c3)n2)c1. The Hall–Kier alpha value is -3.37. The molecule has 6 nitrogen and oxygen atoms in total. The van der Waals surface area contributed by atoms with Gasteiger partial charge in [-0.3, -0.25) is 4.79 Å². The highest BCUT2D eigenvalue weighted by Crippen LogP contribution is 2.22. The molecule has 0 atom stereocenters. The molecule has 0 saturated heterocycles. The first-order valence-corrected chi connectivity index (χ1v) is 8.83. The average Bonchev–Trinajstić information content (AvgIpc) is 2.65. The highest BCUT2D eigenvalue weighted by atomic mass is 79.9. The van der Waals surface area contributed by atoms with Gasteiger partial charge in [0.1, 0.15) is 5.82 Å². The topological polar surface area (TPSA) is 78.9 Å². The van der Waals surface area contributed by atoms with Crippen molar-refractivity contribution in [2.75, 3.05) is 16.0 Å². The van der Waals surface area contributed by atoms with Crippen molar-refractivity contribution in [2.24, 2.45) is 0 Å². The molecule has 134 valence electrons. The Kier molecular flexibility index (Phi) is 5.69. The van der Waals surface area contributed by atoms with E-state index in [1.165, 1.54) is 6.08 Å². The number of benzene rings is 1. The molecule has 0 aliphatic heterocycles. The Labute approximate surface area is 165 Å². The second-order valence-electron chi connectivity index (χ2n) is 5.61. The predicted octanol–water partition coefficient (Wildman–Crippen LogP) is 4.76. The predicted molar refractivity (Wildman–Crippen MR) is 110 cm³/mol. The summed E-state index contributed by atoms with van der Waals surface area (Å²) in [5.41, 5.74) is 3.02. The summed E-state index contributed by atoms with van der Waals surface area (Å²) < 4.78 is 0.896. The first-order chi connectivity index (χ1) is 13.0. The van der Waals surface area contributed by atoms with Crippen LogP contribution in [0.4, 0.5) is 28.8 Å². The molecule has 3 rings (SSSR count). The van der Waals surface area contributed by atoms with Gasteiger partial charge in [-0.1, -0.05) is 34.6 Å². The Morgan fingerprint density at radius 1 is 1.26 bits per heavy atom. The van der Waals surface area contributed by atoms with Gasteiger partial charge in [0.2, 0.25) is 11.9 Å². The quantitative estimate of drug-likeness (QED) is 0.500. The standard InChI is InChI=1S/C20H16BrN5O/c1-3-18(27)23-16-8-5-9-17(11-16)25-20-22-12-13(2)19(26-20)24-15-7-4-6-14(21)10-15/h3,5-6,8-12H,1H2,2H3,(H,23,27)(H2,22,24,25,26). The van der Waals surface area contributed by atoms with Gasteiger partial charge in [-0.15, -0.1) is 0 Å². The molecule has 0 bridgehead atoms. The molecular formula is C20H16BrN5O. The third-order valence-electron chi connectivity index (χ3n) is 3.50. The van der Waals surface area contributed by atoms with Crippen molar-refractivity contribution < 1.29 is 4.79 Å². The lowest BCUT2D eigenvalue weighted by atomic mass is 10.2. The maximum Gasteiger partial charge on any atom is 0.247 e. The molecule has 0 aliphatic rings. The van der Waals surface area contributed by atoms with E-state index in [2.05, 4.69) is 60.6 Å². The zero-order valence-corrected chi connectivity index (χ0v) is 16.1. The summed E-state index contributed by atoms with van der Waals surface area (Å²) in [5, 5.41) is 9.06. The second kappa shape index (κ2) is 8.34. The minimum absolute atomic E-state index is 0.271. The number of carbonyl (C=O) groups is 1. The van der Waals surface area contributed by atoms with Gasteiger partial charge in [0, 0.05) is 33.7 Å². The van der Waals surface area contributed by atoms with Crippen LogP contribution >= 0.6 is 15.9 Å². The Bertz CT molecular complexity index is 990. The lowest BCUT2D eigenvalue weighted by molar-refractivity contribution is -0.111. The first kappa shape index (κ1) is 18.4. The molecule has 27 heavy (non-hydrogen) atoms. The second-order valence-corrected chi connectivity index (χ2v) is 6.52. The van der Waals surface area contributed by atoms with Gasteiger partial charge in [-0.25, -0.2) is 4.98 Å². The highest BCUT2D eigenvalue weighted by molar-refractivity contribution is 9.10. The van der Waals surface area contributed by atoms with Crippen molar-refractivity contribution in [3.63, 3.8) is 0 Å². The van der Waals surface area contributed by atoms with Crippen LogP contribution in [-0.4, -0.2) is 15.9 Å². The smallest absolute Gasteiger partial charge is 0.247 e. The summed E-state index contributed by atoms with van der Waals surface area (Å²) in [5.74, 6) is 0.813. The number of aromatic nitrogens is 2. The lowest BCUT2D eigenvalue weighted by Gasteiger charge is -2.11. The van der Waals surface area contributed by atoms with E-state index in [1.54, 1.807) is 24.4 Å². The van der Waals surface area contributed by atoms with E-state index >= 15 is 0 Å². The molecule has 0 fully saturated rings. The number of hydrogen-bond acceptors (Lipinski definition) is 5. The molecule has 7 heteroatoms. The molecule has 0 saturated carbocycles. The fraction of sp³-hybridized carbons (Fsp3) is 0.0500. The Balaban J connectivity index is 1.79. The number of hydrogen-bond donors (Lipinski definition) is 3. The van der Waals surface area contributed by atoms with Crippen molar-refractivity contribution in [3.05, 3.63) is 77.4 Å². The Morgan fingerprint density at radius 3 is 2.85 bits per heavy atom. The minimum Gasteiger partial charge on any atom is -0.333 e. The van der Waals surface area contributed by atoms with Crippen LogP contribution in [0.25, 0.3) is 0 Å².